The fraction of sp³-hybridized carbons (Fsp3) is 0.381. The number of hydrogen-bond acceptors (Lipinski definition) is 6. The standard InChI is InChI=1S/3C21H24NS.Ir/c3*1-10-9-18(15(6)12(3)11(10)2)21-22-19-16(7)13(4)14(5)17(8)20(19)23-21;/h3*1-8H3;/q3*-1;+3. The SMILES string of the molecule is Cc1[c-]c(-c2nc3c(C)c(C)c(C)c(C)c3s2)c(C)c(C)c1C.Cc1[c-]c(-c2nc3c(C)c(C)c(C)c(C)c3s2)c(C)c(C)c1C.Cc1[c-]c(-c2nc3c(C)c(C)c(C)c(C)c3s2)c(C)c(C)c1C.[Ir+3]. The summed E-state index contributed by atoms with van der Waals surface area (Å²) in [6, 6.07) is 10.7. The molecule has 9 rings (SSSR count). The van der Waals surface area contributed by atoms with E-state index in [0.717, 1.165) is 31.6 Å². The minimum Gasteiger partial charge on any atom is -0.285 e. The van der Waals surface area contributed by atoms with Gasteiger partial charge in [0.15, 0.2) is 0 Å². The maximum atomic E-state index is 5.01. The minimum atomic E-state index is 0. The average molecular weight is 1160 g/mol. The summed E-state index contributed by atoms with van der Waals surface area (Å²) in [7, 11) is 0. The number of fused-ring (bicyclic) bond motifs is 3. The molecule has 70 heavy (non-hydrogen) atoms. The van der Waals surface area contributed by atoms with Crippen LogP contribution in [0, 0.1) is 184 Å². The van der Waals surface area contributed by atoms with E-state index in [1.165, 1.54) is 164 Å². The zero-order valence-electron chi connectivity index (χ0n) is 46.4. The number of benzene rings is 6. The molecule has 0 amide bonds. The quantitative estimate of drug-likeness (QED) is 0.166. The molecule has 0 fully saturated rings. The van der Waals surface area contributed by atoms with Crippen LogP contribution < -0.4 is 0 Å². The summed E-state index contributed by atoms with van der Waals surface area (Å²) in [5.41, 5.74) is 38.9. The van der Waals surface area contributed by atoms with Crippen molar-refractivity contribution >= 4 is 64.7 Å². The monoisotopic (exact) mass is 1160 g/mol. The summed E-state index contributed by atoms with van der Waals surface area (Å²) < 4.78 is 3.97. The number of rotatable bonds is 3. The third-order valence-corrected chi connectivity index (χ3v) is 20.4. The van der Waals surface area contributed by atoms with Crippen LogP contribution in [0.4, 0.5) is 0 Å². The topological polar surface area (TPSA) is 38.7 Å². The molecule has 366 valence electrons. The summed E-state index contributed by atoms with van der Waals surface area (Å²) in [5, 5.41) is 3.29. The maximum absolute atomic E-state index is 5.01. The van der Waals surface area contributed by atoms with Crippen molar-refractivity contribution < 1.29 is 20.1 Å². The van der Waals surface area contributed by atoms with Gasteiger partial charge in [-0.1, -0.05) is 83.1 Å². The van der Waals surface area contributed by atoms with Crippen LogP contribution in [-0.4, -0.2) is 15.0 Å². The second-order valence-corrected chi connectivity index (χ2v) is 23.1. The van der Waals surface area contributed by atoms with Crippen molar-refractivity contribution in [3.63, 3.8) is 0 Å². The van der Waals surface area contributed by atoms with Crippen LogP contribution in [0.1, 0.15) is 134 Å². The Hall–Kier alpha value is -4.36. The first-order valence-electron chi connectivity index (χ1n) is 24.3. The van der Waals surface area contributed by atoms with Crippen LogP contribution in [0.15, 0.2) is 0 Å². The van der Waals surface area contributed by atoms with E-state index in [1.807, 2.05) is 34.0 Å². The van der Waals surface area contributed by atoms with Gasteiger partial charge in [-0.25, -0.2) is 0 Å². The van der Waals surface area contributed by atoms with Crippen molar-refractivity contribution in [2.75, 3.05) is 0 Å². The van der Waals surface area contributed by atoms with Crippen molar-refractivity contribution in [1.82, 2.24) is 15.0 Å². The van der Waals surface area contributed by atoms with Gasteiger partial charge < -0.3 is 0 Å². The predicted octanol–water partition coefficient (Wildman–Crippen LogP) is 18.7. The van der Waals surface area contributed by atoms with Gasteiger partial charge >= 0.3 is 20.1 Å². The Morgan fingerprint density at radius 1 is 0.229 bits per heavy atom. The zero-order chi connectivity index (χ0) is 51.1. The van der Waals surface area contributed by atoms with Gasteiger partial charge in [-0.05, 0) is 150 Å². The molecular weight excluding hydrogens is 1090 g/mol. The van der Waals surface area contributed by atoms with Gasteiger partial charge in [0.2, 0.25) is 0 Å². The molecule has 0 unspecified atom stereocenters. The minimum absolute atomic E-state index is 0. The molecule has 0 atom stereocenters. The van der Waals surface area contributed by atoms with Crippen LogP contribution >= 0.6 is 34.0 Å². The zero-order valence-corrected chi connectivity index (χ0v) is 51.2. The summed E-state index contributed by atoms with van der Waals surface area (Å²) in [5.74, 6) is 0. The molecule has 0 bridgehead atoms. The van der Waals surface area contributed by atoms with Crippen LogP contribution in [0.3, 0.4) is 0 Å². The molecule has 0 saturated carbocycles. The fourth-order valence-corrected chi connectivity index (χ4v) is 13.3. The Balaban J connectivity index is 0.000000171. The second kappa shape index (κ2) is 20.6. The smallest absolute Gasteiger partial charge is 0.285 e. The van der Waals surface area contributed by atoms with E-state index in [-0.39, 0.29) is 20.1 Å². The van der Waals surface area contributed by atoms with Crippen molar-refractivity contribution in [3.05, 3.63) is 152 Å². The molecule has 0 N–H and O–H groups in total. The molecular formula is C63H72IrN3S3. The number of thiazole rings is 3. The molecule has 0 radical (unpaired) electrons. The molecule has 0 aliphatic heterocycles. The third kappa shape index (κ3) is 9.32. The molecule has 0 aliphatic rings. The molecule has 0 spiro atoms. The van der Waals surface area contributed by atoms with Crippen molar-refractivity contribution in [3.8, 4) is 31.7 Å². The van der Waals surface area contributed by atoms with Crippen LogP contribution in [0.2, 0.25) is 0 Å². The van der Waals surface area contributed by atoms with Crippen molar-refractivity contribution in [1.29, 1.82) is 0 Å². The van der Waals surface area contributed by atoms with Gasteiger partial charge in [-0.2, -0.15) is 34.0 Å². The van der Waals surface area contributed by atoms with Gasteiger partial charge in [0, 0.05) is 29.1 Å². The Labute approximate surface area is 446 Å². The molecule has 0 aliphatic carbocycles. The second-order valence-electron chi connectivity index (χ2n) is 20.1. The molecule has 3 aromatic heterocycles. The van der Waals surface area contributed by atoms with E-state index in [0.29, 0.717) is 0 Å². The van der Waals surface area contributed by atoms with Gasteiger partial charge in [-0.15, -0.1) is 102 Å². The van der Waals surface area contributed by atoms with Gasteiger partial charge in [-0.3, -0.25) is 15.0 Å². The summed E-state index contributed by atoms with van der Waals surface area (Å²) in [4.78, 5) is 15.0. The van der Waals surface area contributed by atoms with Crippen LogP contribution in [0.25, 0.3) is 62.4 Å². The molecule has 3 heterocycles. The van der Waals surface area contributed by atoms with Crippen LogP contribution in [-0.2, 0) is 20.1 Å². The first-order chi connectivity index (χ1) is 32.2. The number of aryl methyl sites for hydroxylation is 9. The molecule has 3 nitrogen and oxygen atoms in total. The van der Waals surface area contributed by atoms with Crippen molar-refractivity contribution in [2.24, 2.45) is 0 Å². The normalized spacial score (nSPS) is 11.3. The number of hydrogen-bond donors (Lipinski definition) is 0. The Bertz CT molecular complexity index is 3080. The first-order valence-corrected chi connectivity index (χ1v) is 26.8. The molecule has 0 saturated heterocycles. The fourth-order valence-electron chi connectivity index (χ4n) is 9.55. The summed E-state index contributed by atoms with van der Waals surface area (Å²) >= 11 is 5.43. The summed E-state index contributed by atoms with van der Waals surface area (Å²) in [6.07, 6.45) is 0. The maximum Gasteiger partial charge on any atom is 3.00 e. The molecule has 9 aromatic rings. The first kappa shape index (κ1) is 55.0. The van der Waals surface area contributed by atoms with Crippen molar-refractivity contribution in [2.45, 2.75) is 166 Å². The van der Waals surface area contributed by atoms with E-state index in [2.05, 4.69) is 184 Å². The van der Waals surface area contributed by atoms with Gasteiger partial charge in [0.05, 0.1) is 16.6 Å². The number of nitrogens with zero attached hydrogens (tertiary/aromatic N) is 3. The van der Waals surface area contributed by atoms with E-state index >= 15 is 0 Å². The van der Waals surface area contributed by atoms with Gasteiger partial charge in [0.1, 0.15) is 0 Å². The Kier molecular flexibility index (Phi) is 16.2. The number of aromatic nitrogens is 3. The van der Waals surface area contributed by atoms with E-state index < -0.39 is 0 Å². The Morgan fingerprint density at radius 3 is 0.629 bits per heavy atom. The largest absolute Gasteiger partial charge is 3.00 e. The predicted molar refractivity (Wildman–Crippen MR) is 305 cm³/mol. The van der Waals surface area contributed by atoms with E-state index in [1.54, 1.807) is 0 Å². The Morgan fingerprint density at radius 2 is 0.414 bits per heavy atom. The molecule has 7 heteroatoms. The van der Waals surface area contributed by atoms with Gasteiger partial charge in [0.25, 0.3) is 0 Å². The summed E-state index contributed by atoms with van der Waals surface area (Å²) in [6.45, 7) is 52.6. The van der Waals surface area contributed by atoms with E-state index in [9.17, 15) is 0 Å². The van der Waals surface area contributed by atoms with E-state index in [4.69, 9.17) is 15.0 Å². The molecule has 6 aromatic carbocycles. The van der Waals surface area contributed by atoms with Crippen LogP contribution in [0.5, 0.6) is 0 Å². The average Bonchev–Trinajstić information content (AvgIpc) is 4.10. The third-order valence-electron chi connectivity index (χ3n) is 16.8.